The Bertz CT molecular complexity index is 719. The lowest BCUT2D eigenvalue weighted by Gasteiger charge is -2.20. The smallest absolute Gasteiger partial charge is 0.248 e. The van der Waals surface area contributed by atoms with Crippen LogP contribution < -0.4 is 0 Å². The van der Waals surface area contributed by atoms with Crippen LogP contribution in [-0.2, 0) is 23.2 Å². The molecule has 1 N–H and O–H groups in total. The fourth-order valence-electron chi connectivity index (χ4n) is 2.11. The van der Waals surface area contributed by atoms with Crippen molar-refractivity contribution in [1.82, 2.24) is 4.31 Å². The summed E-state index contributed by atoms with van der Waals surface area (Å²) >= 11 is 4.67. The van der Waals surface area contributed by atoms with Gasteiger partial charge in [0.1, 0.15) is 17.3 Å². The summed E-state index contributed by atoms with van der Waals surface area (Å²) in [6.45, 7) is 0.0409. The first-order valence-corrected chi connectivity index (χ1v) is 9.57. The minimum absolute atomic E-state index is 0.0523. The highest BCUT2D eigenvalue weighted by Crippen LogP contribution is 2.37. The average molecular weight is 392 g/mol. The summed E-state index contributed by atoms with van der Waals surface area (Å²) in [6.07, 6.45) is 1.76. The maximum absolute atomic E-state index is 12.8. The van der Waals surface area contributed by atoms with E-state index in [-0.39, 0.29) is 28.0 Å². The minimum Gasteiger partial charge on any atom is -0.450 e. The van der Waals surface area contributed by atoms with Gasteiger partial charge in [0, 0.05) is 23.5 Å². The van der Waals surface area contributed by atoms with Crippen LogP contribution in [0, 0.1) is 0 Å². The van der Waals surface area contributed by atoms with Crippen LogP contribution in [0.4, 0.5) is 0 Å². The summed E-state index contributed by atoms with van der Waals surface area (Å²) in [7, 11) is -3.65. The molecule has 21 heavy (non-hydrogen) atoms. The minimum atomic E-state index is -3.65. The lowest BCUT2D eigenvalue weighted by molar-refractivity contribution is 0.245. The summed E-state index contributed by atoms with van der Waals surface area (Å²) in [5.41, 5.74) is 0. The van der Waals surface area contributed by atoms with Crippen LogP contribution in [0.5, 0.6) is 0 Å². The Kier molecular flexibility index (Phi) is 4.24. The van der Waals surface area contributed by atoms with Crippen LogP contribution in [0.1, 0.15) is 23.5 Å². The third-order valence-corrected chi connectivity index (χ3v) is 6.91. The van der Waals surface area contributed by atoms with Gasteiger partial charge in [0.2, 0.25) is 10.0 Å². The van der Waals surface area contributed by atoms with Crippen LogP contribution in [0.2, 0.25) is 0 Å². The average Bonchev–Trinajstić information content (AvgIpc) is 2.99. The standard InChI is InChI=1S/C13H14BrNO4S2/c14-13-12(6-10(8-16)19-13)21(17,18)15(9-3-4-9)7-11-2-1-5-20-11/h1-2,5-6,9,16H,3-4,7-8H2. The molecule has 0 saturated heterocycles. The van der Waals surface area contributed by atoms with Crippen LogP contribution in [0.15, 0.2) is 37.6 Å². The van der Waals surface area contributed by atoms with Gasteiger partial charge in [0.05, 0.1) is 0 Å². The van der Waals surface area contributed by atoms with Crippen LogP contribution in [-0.4, -0.2) is 23.9 Å². The molecule has 0 spiro atoms. The van der Waals surface area contributed by atoms with Crippen molar-refractivity contribution in [3.63, 3.8) is 0 Å². The zero-order valence-electron chi connectivity index (χ0n) is 11.0. The molecule has 8 heteroatoms. The largest absolute Gasteiger partial charge is 0.450 e. The van der Waals surface area contributed by atoms with E-state index in [1.165, 1.54) is 10.4 Å². The van der Waals surface area contributed by atoms with Crippen molar-refractivity contribution in [1.29, 1.82) is 0 Å². The summed E-state index contributed by atoms with van der Waals surface area (Å²) in [6, 6.07) is 5.27. The lowest BCUT2D eigenvalue weighted by Crippen LogP contribution is -2.32. The van der Waals surface area contributed by atoms with E-state index in [0.29, 0.717) is 6.54 Å². The molecule has 2 aromatic heterocycles. The predicted molar refractivity (Wildman–Crippen MR) is 82.4 cm³/mol. The number of halogens is 1. The van der Waals surface area contributed by atoms with E-state index in [0.717, 1.165) is 17.7 Å². The highest BCUT2D eigenvalue weighted by Gasteiger charge is 2.40. The number of sulfonamides is 1. The van der Waals surface area contributed by atoms with Crippen molar-refractivity contribution >= 4 is 37.3 Å². The van der Waals surface area contributed by atoms with Gasteiger partial charge in [0.25, 0.3) is 0 Å². The third-order valence-electron chi connectivity index (χ3n) is 3.29. The van der Waals surface area contributed by atoms with Gasteiger partial charge in [-0.15, -0.1) is 11.3 Å². The van der Waals surface area contributed by atoms with Crippen molar-refractivity contribution in [2.45, 2.75) is 36.9 Å². The Morgan fingerprint density at radius 3 is 2.76 bits per heavy atom. The number of furan rings is 1. The lowest BCUT2D eigenvalue weighted by atomic mass is 10.4. The van der Waals surface area contributed by atoms with Crippen LogP contribution >= 0.6 is 27.3 Å². The van der Waals surface area contributed by atoms with Crippen molar-refractivity contribution in [3.05, 3.63) is 38.9 Å². The molecule has 0 atom stereocenters. The van der Waals surface area contributed by atoms with E-state index in [4.69, 9.17) is 9.52 Å². The normalized spacial score (nSPS) is 15.8. The van der Waals surface area contributed by atoms with E-state index < -0.39 is 10.0 Å². The molecule has 2 aromatic rings. The fourth-order valence-corrected chi connectivity index (χ4v) is 5.52. The second-order valence-electron chi connectivity index (χ2n) is 4.87. The number of aliphatic hydroxyl groups is 1. The molecule has 0 unspecified atom stereocenters. The number of nitrogens with zero attached hydrogens (tertiary/aromatic N) is 1. The van der Waals surface area contributed by atoms with Crippen molar-refractivity contribution in [3.8, 4) is 0 Å². The molecule has 1 aliphatic carbocycles. The fraction of sp³-hybridized carbons (Fsp3) is 0.385. The summed E-state index contributed by atoms with van der Waals surface area (Å²) in [5, 5.41) is 11.0. The van der Waals surface area contributed by atoms with E-state index >= 15 is 0 Å². The zero-order chi connectivity index (χ0) is 15.0. The Morgan fingerprint density at radius 1 is 1.48 bits per heavy atom. The van der Waals surface area contributed by atoms with Gasteiger partial charge in [-0.05, 0) is 40.2 Å². The zero-order valence-corrected chi connectivity index (χ0v) is 14.2. The Morgan fingerprint density at radius 2 is 2.24 bits per heavy atom. The monoisotopic (exact) mass is 391 g/mol. The second kappa shape index (κ2) is 5.85. The molecular formula is C13H14BrNO4S2. The van der Waals surface area contributed by atoms with Gasteiger partial charge in [-0.25, -0.2) is 8.42 Å². The molecular weight excluding hydrogens is 378 g/mol. The first-order chi connectivity index (χ1) is 10.0. The number of hydrogen-bond acceptors (Lipinski definition) is 5. The summed E-state index contributed by atoms with van der Waals surface area (Å²) in [5.74, 6) is 0.229. The van der Waals surface area contributed by atoms with E-state index in [9.17, 15) is 8.42 Å². The second-order valence-corrected chi connectivity index (χ2v) is 8.48. The highest BCUT2D eigenvalue weighted by molar-refractivity contribution is 9.10. The number of thiophene rings is 1. The van der Waals surface area contributed by atoms with Crippen LogP contribution in [0.3, 0.4) is 0 Å². The third kappa shape index (κ3) is 3.09. The Labute approximate surface area is 135 Å². The molecule has 1 aliphatic rings. The van der Waals surface area contributed by atoms with Crippen molar-refractivity contribution < 1.29 is 17.9 Å². The number of aliphatic hydroxyl groups excluding tert-OH is 1. The maximum Gasteiger partial charge on any atom is 0.248 e. The quantitative estimate of drug-likeness (QED) is 0.821. The summed E-state index contributed by atoms with van der Waals surface area (Å²) in [4.78, 5) is 1.09. The first-order valence-electron chi connectivity index (χ1n) is 6.45. The Hall–Kier alpha value is -0.670. The molecule has 0 radical (unpaired) electrons. The molecule has 0 bridgehead atoms. The molecule has 2 heterocycles. The number of rotatable bonds is 6. The summed E-state index contributed by atoms with van der Waals surface area (Å²) < 4.78 is 32.6. The topological polar surface area (TPSA) is 70.8 Å². The van der Waals surface area contributed by atoms with Gasteiger partial charge in [-0.3, -0.25) is 0 Å². The molecule has 0 aliphatic heterocycles. The van der Waals surface area contributed by atoms with E-state index in [2.05, 4.69) is 15.9 Å². The highest BCUT2D eigenvalue weighted by atomic mass is 79.9. The van der Waals surface area contributed by atoms with Gasteiger partial charge in [-0.1, -0.05) is 6.07 Å². The van der Waals surface area contributed by atoms with Gasteiger partial charge in [-0.2, -0.15) is 4.31 Å². The van der Waals surface area contributed by atoms with Crippen LogP contribution in [0.25, 0.3) is 0 Å². The van der Waals surface area contributed by atoms with Gasteiger partial charge < -0.3 is 9.52 Å². The molecule has 3 rings (SSSR count). The Balaban J connectivity index is 1.95. The maximum atomic E-state index is 12.8. The van der Waals surface area contributed by atoms with E-state index in [1.807, 2.05) is 17.5 Å². The first kappa shape index (κ1) is 15.2. The predicted octanol–water partition coefficient (Wildman–Crippen LogP) is 2.95. The van der Waals surface area contributed by atoms with E-state index in [1.54, 1.807) is 11.3 Å². The van der Waals surface area contributed by atoms with Crippen molar-refractivity contribution in [2.24, 2.45) is 0 Å². The van der Waals surface area contributed by atoms with Gasteiger partial charge in [0.15, 0.2) is 4.67 Å². The molecule has 114 valence electrons. The van der Waals surface area contributed by atoms with Gasteiger partial charge >= 0.3 is 0 Å². The molecule has 0 aromatic carbocycles. The molecule has 1 saturated carbocycles. The number of hydrogen-bond donors (Lipinski definition) is 1. The molecule has 1 fully saturated rings. The SMILES string of the molecule is O=S(=O)(c1cc(CO)oc1Br)N(Cc1cccs1)C1CC1. The molecule has 5 nitrogen and oxygen atoms in total. The molecule has 0 amide bonds. The van der Waals surface area contributed by atoms with Crippen molar-refractivity contribution in [2.75, 3.05) is 0 Å².